The van der Waals surface area contributed by atoms with Crippen molar-refractivity contribution in [2.24, 2.45) is 0 Å². The first-order valence-electron chi connectivity index (χ1n) is 7.53. The minimum absolute atomic E-state index is 0.622. The first-order valence-corrected chi connectivity index (χ1v) is 9.02. The monoisotopic (exact) mass is 304 g/mol. The van der Waals surface area contributed by atoms with Crippen molar-refractivity contribution in [3.63, 3.8) is 0 Å². The average molecular weight is 304 g/mol. The van der Waals surface area contributed by atoms with Crippen LogP contribution in [0.2, 0.25) is 0 Å². The highest BCUT2D eigenvalue weighted by atomic mass is 32.2. The number of aliphatic carboxylic acids is 1. The lowest BCUT2D eigenvalue weighted by Gasteiger charge is -2.28. The second-order valence-corrected chi connectivity index (χ2v) is 7.41. The van der Waals surface area contributed by atoms with E-state index in [2.05, 4.69) is 10.2 Å². The van der Waals surface area contributed by atoms with Gasteiger partial charge in [0, 0.05) is 35.4 Å². The Bertz CT molecular complexity index is 328. The molecule has 0 aliphatic carbocycles. The summed E-state index contributed by atoms with van der Waals surface area (Å²) in [6.07, 6.45) is 3.50. The molecule has 0 spiro atoms. The highest BCUT2D eigenvalue weighted by Crippen LogP contribution is 2.15. The van der Waals surface area contributed by atoms with Gasteiger partial charge in [-0.25, -0.2) is 0 Å². The van der Waals surface area contributed by atoms with Crippen LogP contribution in [0.1, 0.15) is 39.5 Å². The van der Waals surface area contributed by atoms with Crippen molar-refractivity contribution in [1.82, 2.24) is 10.2 Å². The van der Waals surface area contributed by atoms with Crippen LogP contribution in [-0.4, -0.2) is 63.4 Å². The maximum Gasteiger partial charge on any atom is 0.323 e. The molecule has 0 amide bonds. The molecular formula is C14H28N2O3S. The summed E-state index contributed by atoms with van der Waals surface area (Å²) < 4.78 is 11.3. The second kappa shape index (κ2) is 8.74. The predicted octanol–water partition coefficient (Wildman–Crippen LogP) is 1.06. The molecule has 118 valence electrons. The van der Waals surface area contributed by atoms with E-state index in [-0.39, 0.29) is 0 Å². The van der Waals surface area contributed by atoms with E-state index in [9.17, 15) is 14.1 Å². The molecule has 0 aromatic rings. The summed E-state index contributed by atoms with van der Waals surface area (Å²) in [5.74, 6) is 0.801. The van der Waals surface area contributed by atoms with E-state index in [1.807, 2.05) is 6.92 Å². The molecule has 6 heteroatoms. The number of unbranched alkanes of at least 4 members (excludes halogenated alkanes) is 1. The molecule has 0 radical (unpaired) electrons. The summed E-state index contributed by atoms with van der Waals surface area (Å²) in [6.45, 7) is 7.36. The Balaban J connectivity index is 2.23. The molecule has 0 bridgehead atoms. The lowest BCUT2D eigenvalue weighted by molar-refractivity contribution is -0.144. The quantitative estimate of drug-likeness (QED) is 0.624. The van der Waals surface area contributed by atoms with Crippen LogP contribution in [0.5, 0.6) is 0 Å². The van der Waals surface area contributed by atoms with Gasteiger partial charge in [0.2, 0.25) is 0 Å². The largest absolute Gasteiger partial charge is 0.480 e. The number of nitrogens with one attached hydrogen (secondary N) is 1. The molecule has 1 atom stereocenters. The molecule has 1 aliphatic rings. The van der Waals surface area contributed by atoms with E-state index < -0.39 is 22.3 Å². The number of nitrogens with zero attached hydrogens (tertiary/aromatic N) is 1. The smallest absolute Gasteiger partial charge is 0.323 e. The Morgan fingerprint density at radius 1 is 1.35 bits per heavy atom. The number of hydrogen-bond acceptors (Lipinski definition) is 4. The molecule has 1 unspecified atom stereocenters. The van der Waals surface area contributed by atoms with Crippen LogP contribution in [0.3, 0.4) is 0 Å². The Labute approximate surface area is 124 Å². The molecule has 0 aromatic heterocycles. The number of carboxylic acids is 1. The van der Waals surface area contributed by atoms with Crippen LogP contribution in [0.4, 0.5) is 0 Å². The fraction of sp³-hybridized carbons (Fsp3) is 0.929. The summed E-state index contributed by atoms with van der Waals surface area (Å²) in [5, 5.41) is 12.5. The molecule has 1 aliphatic heterocycles. The van der Waals surface area contributed by atoms with Crippen LogP contribution in [0.15, 0.2) is 0 Å². The van der Waals surface area contributed by atoms with Crippen molar-refractivity contribution in [3.8, 4) is 0 Å². The maximum absolute atomic E-state index is 11.4. The van der Waals surface area contributed by atoms with Gasteiger partial charge in [-0.05, 0) is 45.7 Å². The molecule has 1 saturated heterocycles. The summed E-state index contributed by atoms with van der Waals surface area (Å²) in [4.78, 5) is 13.7. The highest BCUT2D eigenvalue weighted by molar-refractivity contribution is 7.85. The topological polar surface area (TPSA) is 69.6 Å². The zero-order valence-electron chi connectivity index (χ0n) is 12.7. The van der Waals surface area contributed by atoms with Crippen LogP contribution >= 0.6 is 0 Å². The summed E-state index contributed by atoms with van der Waals surface area (Å²) in [6, 6.07) is 0. The molecule has 1 heterocycles. The third-order valence-corrected chi connectivity index (χ3v) is 5.18. The fourth-order valence-electron chi connectivity index (χ4n) is 2.39. The molecule has 20 heavy (non-hydrogen) atoms. The van der Waals surface area contributed by atoms with Crippen molar-refractivity contribution < 1.29 is 14.1 Å². The molecule has 2 N–H and O–H groups in total. The molecule has 0 saturated carbocycles. The van der Waals surface area contributed by atoms with E-state index in [0.29, 0.717) is 6.42 Å². The Morgan fingerprint density at radius 3 is 2.55 bits per heavy atom. The summed E-state index contributed by atoms with van der Waals surface area (Å²) >= 11 is 0. The van der Waals surface area contributed by atoms with Crippen LogP contribution in [0, 0.1) is 0 Å². The van der Waals surface area contributed by atoms with Crippen molar-refractivity contribution in [1.29, 1.82) is 0 Å². The van der Waals surface area contributed by atoms with Crippen molar-refractivity contribution in [3.05, 3.63) is 0 Å². The van der Waals surface area contributed by atoms with Crippen LogP contribution in [0.25, 0.3) is 0 Å². The molecule has 5 nitrogen and oxygen atoms in total. The van der Waals surface area contributed by atoms with Gasteiger partial charge in [0.1, 0.15) is 5.54 Å². The van der Waals surface area contributed by atoms with Gasteiger partial charge in [0.25, 0.3) is 0 Å². The molecule has 1 fully saturated rings. The third kappa shape index (κ3) is 5.89. The SMILES string of the molecule is CCCNC(C)(CCCCN1CCS(=O)CC1)C(=O)O. The second-order valence-electron chi connectivity index (χ2n) is 5.71. The average Bonchev–Trinajstić information content (AvgIpc) is 2.43. The van der Waals surface area contributed by atoms with Gasteiger partial charge < -0.3 is 15.3 Å². The maximum atomic E-state index is 11.4. The number of carboxylic acid groups (broad SMARTS) is 1. The fourth-order valence-corrected chi connectivity index (χ4v) is 3.51. The predicted molar refractivity (Wildman–Crippen MR) is 82.5 cm³/mol. The zero-order chi connectivity index (χ0) is 15.0. The third-order valence-electron chi connectivity index (χ3n) is 3.91. The number of rotatable bonds is 9. The van der Waals surface area contributed by atoms with E-state index in [0.717, 1.165) is 56.9 Å². The number of carbonyl (C=O) groups is 1. The molecular weight excluding hydrogens is 276 g/mol. The van der Waals surface area contributed by atoms with E-state index >= 15 is 0 Å². The minimum Gasteiger partial charge on any atom is -0.480 e. The van der Waals surface area contributed by atoms with Gasteiger partial charge in [-0.2, -0.15) is 0 Å². The Hall–Kier alpha value is -0.460. The highest BCUT2D eigenvalue weighted by Gasteiger charge is 2.31. The van der Waals surface area contributed by atoms with E-state index in [4.69, 9.17) is 0 Å². The van der Waals surface area contributed by atoms with Crippen LogP contribution < -0.4 is 5.32 Å². The van der Waals surface area contributed by atoms with Crippen molar-refractivity contribution in [2.75, 3.05) is 37.7 Å². The van der Waals surface area contributed by atoms with Gasteiger partial charge in [-0.15, -0.1) is 0 Å². The lowest BCUT2D eigenvalue weighted by Crippen LogP contribution is -2.49. The first-order chi connectivity index (χ1) is 9.48. The standard InChI is InChI=1S/C14H28N2O3S/c1-3-7-15-14(2,13(17)18)6-4-5-8-16-9-11-20(19)12-10-16/h15H,3-12H2,1-2H3,(H,17,18). The number of hydrogen-bond donors (Lipinski definition) is 2. The molecule has 1 rings (SSSR count). The van der Waals surface area contributed by atoms with Gasteiger partial charge in [0.15, 0.2) is 0 Å². The van der Waals surface area contributed by atoms with Gasteiger partial charge in [-0.1, -0.05) is 6.92 Å². The van der Waals surface area contributed by atoms with E-state index in [1.165, 1.54) is 0 Å². The van der Waals surface area contributed by atoms with Gasteiger partial charge in [0.05, 0.1) is 0 Å². The van der Waals surface area contributed by atoms with Gasteiger partial charge in [-0.3, -0.25) is 9.00 Å². The first kappa shape index (κ1) is 17.6. The van der Waals surface area contributed by atoms with Crippen LogP contribution in [-0.2, 0) is 15.6 Å². The van der Waals surface area contributed by atoms with Gasteiger partial charge >= 0.3 is 5.97 Å². The van der Waals surface area contributed by atoms with Crippen molar-refractivity contribution in [2.45, 2.75) is 45.1 Å². The summed E-state index contributed by atoms with van der Waals surface area (Å²) in [5.41, 5.74) is -0.806. The van der Waals surface area contributed by atoms with E-state index in [1.54, 1.807) is 6.92 Å². The minimum atomic E-state index is -0.806. The zero-order valence-corrected chi connectivity index (χ0v) is 13.5. The van der Waals surface area contributed by atoms with Crippen molar-refractivity contribution >= 4 is 16.8 Å². The summed E-state index contributed by atoms with van der Waals surface area (Å²) in [7, 11) is -0.622. The molecule has 0 aromatic carbocycles. The Morgan fingerprint density at radius 2 is 2.00 bits per heavy atom. The lowest BCUT2D eigenvalue weighted by atomic mass is 9.94. The normalized spacial score (nSPS) is 20.7. The Kier molecular flexibility index (Phi) is 7.69.